The van der Waals surface area contributed by atoms with Gasteiger partial charge in [-0.3, -0.25) is 0 Å². The van der Waals surface area contributed by atoms with E-state index >= 15 is 0 Å². The monoisotopic (exact) mass is 282 g/mol. The van der Waals surface area contributed by atoms with Gasteiger partial charge in [0.15, 0.2) is 0 Å². The summed E-state index contributed by atoms with van der Waals surface area (Å²) in [7, 11) is 1.93. The minimum atomic E-state index is 0.214. The Bertz CT molecular complexity index is 411. The number of aliphatic hydroxyl groups excluding tert-OH is 1. The van der Waals surface area contributed by atoms with Crippen LogP contribution in [0.3, 0.4) is 0 Å². The second-order valence-electron chi connectivity index (χ2n) is 5.15. The molecule has 0 bridgehead atoms. The Kier molecular flexibility index (Phi) is 5.49. The van der Waals surface area contributed by atoms with Crippen molar-refractivity contribution in [2.24, 2.45) is 0 Å². The molecule has 1 fully saturated rings. The maximum Gasteiger partial charge on any atom is 0.0635 e. The molecule has 1 aromatic carbocycles. The van der Waals surface area contributed by atoms with Crippen molar-refractivity contribution in [3.8, 4) is 0 Å². The summed E-state index contributed by atoms with van der Waals surface area (Å²) in [6.07, 6.45) is 4.68. The highest BCUT2D eigenvalue weighted by Crippen LogP contribution is 2.31. The van der Waals surface area contributed by atoms with Gasteiger partial charge in [0.25, 0.3) is 0 Å². The van der Waals surface area contributed by atoms with Gasteiger partial charge in [0.2, 0.25) is 0 Å². The zero-order chi connectivity index (χ0) is 13.7. The average Bonchev–Trinajstić information content (AvgIpc) is 2.66. The first-order valence-corrected chi connectivity index (χ1v) is 7.45. The summed E-state index contributed by atoms with van der Waals surface area (Å²) < 4.78 is 0. The molecule has 1 aromatic rings. The lowest BCUT2D eigenvalue weighted by Gasteiger charge is -2.33. The van der Waals surface area contributed by atoms with Crippen molar-refractivity contribution in [3.63, 3.8) is 0 Å². The molecule has 106 valence electrons. The number of halogens is 1. The predicted molar refractivity (Wildman–Crippen MR) is 80.9 cm³/mol. The molecule has 2 rings (SSSR count). The molecule has 0 aliphatic carbocycles. The van der Waals surface area contributed by atoms with E-state index < -0.39 is 0 Å². The van der Waals surface area contributed by atoms with Crippen LogP contribution in [0.5, 0.6) is 0 Å². The van der Waals surface area contributed by atoms with Crippen molar-refractivity contribution < 1.29 is 5.11 Å². The van der Waals surface area contributed by atoms with E-state index in [-0.39, 0.29) is 12.6 Å². The van der Waals surface area contributed by atoms with Gasteiger partial charge in [-0.1, -0.05) is 30.5 Å². The van der Waals surface area contributed by atoms with Crippen LogP contribution in [-0.2, 0) is 6.54 Å². The van der Waals surface area contributed by atoms with E-state index in [4.69, 9.17) is 11.6 Å². The number of rotatable bonds is 4. The summed E-state index contributed by atoms with van der Waals surface area (Å²) in [6, 6.07) is 6.27. The first kappa shape index (κ1) is 14.6. The van der Waals surface area contributed by atoms with Crippen molar-refractivity contribution in [1.29, 1.82) is 0 Å². The van der Waals surface area contributed by atoms with E-state index in [9.17, 15) is 5.11 Å². The standard InChI is InChI=1S/C15H23ClN2O/c1-17-10-13-14(16)7-5-8-15(13)18-9-4-2-3-6-12(18)11-19/h5,7-8,12,17,19H,2-4,6,9-11H2,1H3. The molecule has 4 heteroatoms. The molecule has 0 radical (unpaired) electrons. The van der Waals surface area contributed by atoms with Gasteiger partial charge < -0.3 is 15.3 Å². The van der Waals surface area contributed by atoms with E-state index in [2.05, 4.69) is 16.3 Å². The van der Waals surface area contributed by atoms with Crippen molar-refractivity contribution in [2.45, 2.75) is 38.3 Å². The normalized spacial score (nSPS) is 20.4. The van der Waals surface area contributed by atoms with E-state index in [0.29, 0.717) is 0 Å². The molecular formula is C15H23ClN2O. The molecule has 0 spiro atoms. The molecule has 2 N–H and O–H groups in total. The van der Waals surface area contributed by atoms with Gasteiger partial charge in [-0.15, -0.1) is 0 Å². The largest absolute Gasteiger partial charge is 0.394 e. The predicted octanol–water partition coefficient (Wildman–Crippen LogP) is 2.80. The number of nitrogens with zero attached hydrogens (tertiary/aromatic N) is 1. The Morgan fingerprint density at radius 3 is 2.95 bits per heavy atom. The molecule has 0 amide bonds. The third-order valence-corrected chi connectivity index (χ3v) is 4.20. The van der Waals surface area contributed by atoms with Crippen molar-refractivity contribution in [2.75, 3.05) is 25.1 Å². The lowest BCUT2D eigenvalue weighted by Crippen LogP contribution is -2.38. The lowest BCUT2D eigenvalue weighted by atomic mass is 10.1. The van der Waals surface area contributed by atoms with Gasteiger partial charge in [0.1, 0.15) is 0 Å². The van der Waals surface area contributed by atoms with Gasteiger partial charge in [-0.05, 0) is 32.0 Å². The highest BCUT2D eigenvalue weighted by Gasteiger charge is 2.23. The Hall–Kier alpha value is -0.770. The fourth-order valence-corrected chi connectivity index (χ4v) is 3.09. The molecule has 1 unspecified atom stereocenters. The summed E-state index contributed by atoms with van der Waals surface area (Å²) in [6.45, 7) is 1.97. The number of hydrogen-bond acceptors (Lipinski definition) is 3. The van der Waals surface area contributed by atoms with E-state index in [0.717, 1.165) is 30.1 Å². The first-order valence-electron chi connectivity index (χ1n) is 7.07. The maximum absolute atomic E-state index is 9.65. The van der Waals surface area contributed by atoms with Crippen LogP contribution in [0.25, 0.3) is 0 Å². The number of hydrogen-bond donors (Lipinski definition) is 2. The zero-order valence-corrected chi connectivity index (χ0v) is 12.3. The number of anilines is 1. The SMILES string of the molecule is CNCc1c(Cl)cccc1N1CCCCCC1CO. The maximum atomic E-state index is 9.65. The van der Waals surface area contributed by atoms with Crippen LogP contribution >= 0.6 is 11.6 Å². The Morgan fingerprint density at radius 1 is 1.37 bits per heavy atom. The molecule has 3 nitrogen and oxygen atoms in total. The molecule has 1 heterocycles. The zero-order valence-electron chi connectivity index (χ0n) is 11.5. The van der Waals surface area contributed by atoms with Crippen LogP contribution in [-0.4, -0.2) is 31.3 Å². The van der Waals surface area contributed by atoms with Crippen LogP contribution in [0.2, 0.25) is 5.02 Å². The molecular weight excluding hydrogens is 260 g/mol. The summed E-state index contributed by atoms with van der Waals surface area (Å²) in [5, 5.41) is 13.6. The number of aliphatic hydroxyl groups is 1. The van der Waals surface area contributed by atoms with E-state index in [1.165, 1.54) is 24.9 Å². The van der Waals surface area contributed by atoms with Crippen LogP contribution in [0.15, 0.2) is 18.2 Å². The summed E-state index contributed by atoms with van der Waals surface area (Å²) >= 11 is 6.33. The molecule has 1 saturated heterocycles. The molecule has 0 saturated carbocycles. The Labute approximate surface area is 120 Å². The highest BCUT2D eigenvalue weighted by atomic mass is 35.5. The molecule has 1 aliphatic heterocycles. The number of nitrogens with one attached hydrogen (secondary N) is 1. The molecule has 0 aromatic heterocycles. The lowest BCUT2D eigenvalue weighted by molar-refractivity contribution is 0.255. The van der Waals surface area contributed by atoms with Crippen LogP contribution in [0, 0.1) is 0 Å². The van der Waals surface area contributed by atoms with Gasteiger partial charge in [-0.25, -0.2) is 0 Å². The summed E-state index contributed by atoms with van der Waals surface area (Å²) in [5.74, 6) is 0. The first-order chi connectivity index (χ1) is 9.27. The summed E-state index contributed by atoms with van der Waals surface area (Å²) in [4.78, 5) is 2.34. The van der Waals surface area contributed by atoms with Crippen LogP contribution in [0.4, 0.5) is 5.69 Å². The van der Waals surface area contributed by atoms with Crippen molar-refractivity contribution in [1.82, 2.24) is 5.32 Å². The van der Waals surface area contributed by atoms with Crippen molar-refractivity contribution in [3.05, 3.63) is 28.8 Å². The molecule has 19 heavy (non-hydrogen) atoms. The molecule has 1 atom stereocenters. The van der Waals surface area contributed by atoms with E-state index in [1.807, 2.05) is 19.2 Å². The van der Waals surface area contributed by atoms with E-state index in [1.54, 1.807) is 0 Å². The Morgan fingerprint density at radius 2 is 2.21 bits per heavy atom. The van der Waals surface area contributed by atoms with Crippen LogP contribution < -0.4 is 10.2 Å². The topological polar surface area (TPSA) is 35.5 Å². The van der Waals surface area contributed by atoms with Gasteiger partial charge >= 0.3 is 0 Å². The van der Waals surface area contributed by atoms with Gasteiger partial charge in [0, 0.05) is 29.4 Å². The van der Waals surface area contributed by atoms with Crippen molar-refractivity contribution >= 4 is 17.3 Å². The minimum Gasteiger partial charge on any atom is -0.394 e. The smallest absolute Gasteiger partial charge is 0.0635 e. The fourth-order valence-electron chi connectivity index (χ4n) is 2.85. The van der Waals surface area contributed by atoms with Gasteiger partial charge in [-0.2, -0.15) is 0 Å². The number of benzene rings is 1. The van der Waals surface area contributed by atoms with Gasteiger partial charge in [0.05, 0.1) is 12.6 Å². The third kappa shape index (κ3) is 3.41. The average molecular weight is 283 g/mol. The second kappa shape index (κ2) is 7.13. The quantitative estimate of drug-likeness (QED) is 0.891. The minimum absolute atomic E-state index is 0.214. The third-order valence-electron chi connectivity index (χ3n) is 3.84. The van der Waals surface area contributed by atoms with Crippen LogP contribution in [0.1, 0.15) is 31.2 Å². The fraction of sp³-hybridized carbons (Fsp3) is 0.600. The highest BCUT2D eigenvalue weighted by molar-refractivity contribution is 6.31. The second-order valence-corrected chi connectivity index (χ2v) is 5.55. The summed E-state index contributed by atoms with van der Waals surface area (Å²) in [5.41, 5.74) is 2.30. The molecule has 1 aliphatic rings. The Balaban J connectivity index is 2.34.